The highest BCUT2D eigenvalue weighted by Crippen LogP contribution is 2.20. The summed E-state index contributed by atoms with van der Waals surface area (Å²) in [5, 5.41) is 2.48. The molecule has 3 rings (SSSR count). The molecule has 0 aliphatic carbocycles. The summed E-state index contributed by atoms with van der Waals surface area (Å²) in [4.78, 5) is 0. The van der Waals surface area contributed by atoms with E-state index in [4.69, 9.17) is 5.73 Å². The van der Waals surface area contributed by atoms with E-state index in [0.29, 0.717) is 0 Å². The van der Waals surface area contributed by atoms with E-state index in [-0.39, 0.29) is 0 Å². The van der Waals surface area contributed by atoms with Gasteiger partial charge in [0.05, 0.1) is 0 Å². The van der Waals surface area contributed by atoms with Gasteiger partial charge in [-0.2, -0.15) is 4.57 Å². The second-order valence-corrected chi connectivity index (χ2v) is 4.58. The van der Waals surface area contributed by atoms with Gasteiger partial charge in [-0.15, -0.1) is 0 Å². The van der Waals surface area contributed by atoms with Gasteiger partial charge >= 0.3 is 0 Å². The second kappa shape index (κ2) is 3.45. The summed E-state index contributed by atoms with van der Waals surface area (Å²) in [7, 11) is 2.09. The van der Waals surface area contributed by atoms with Crippen molar-refractivity contribution in [1.29, 1.82) is 0 Å². The van der Waals surface area contributed by atoms with Crippen molar-refractivity contribution in [2.45, 2.75) is 6.92 Å². The molecule has 0 amide bonds. The summed E-state index contributed by atoms with van der Waals surface area (Å²) in [5.74, 6) is 0. The van der Waals surface area contributed by atoms with Gasteiger partial charge in [-0.25, -0.2) is 0 Å². The third kappa shape index (κ3) is 1.53. The predicted molar refractivity (Wildman–Crippen MR) is 71.8 cm³/mol. The summed E-state index contributed by atoms with van der Waals surface area (Å²) < 4.78 is 2.20. The SMILES string of the molecule is Cc1ccc2cc3ccc(N)cc3[n+](C)c2c1. The van der Waals surface area contributed by atoms with Crippen LogP contribution in [0.4, 0.5) is 5.69 Å². The molecule has 2 N–H and O–H groups in total. The molecule has 0 fully saturated rings. The molecule has 0 spiro atoms. The summed E-state index contributed by atoms with van der Waals surface area (Å²) >= 11 is 0. The Labute approximate surface area is 100 Å². The topological polar surface area (TPSA) is 29.9 Å². The van der Waals surface area contributed by atoms with Gasteiger partial charge in [0.25, 0.3) is 0 Å². The molecule has 84 valence electrons. The van der Waals surface area contributed by atoms with Gasteiger partial charge in [0, 0.05) is 28.6 Å². The van der Waals surface area contributed by atoms with Crippen molar-refractivity contribution in [3.8, 4) is 0 Å². The molecule has 3 aromatic rings. The molecule has 2 heteroatoms. The Morgan fingerprint density at radius 1 is 0.882 bits per heavy atom. The molecule has 0 radical (unpaired) electrons. The Bertz CT molecular complexity index is 670. The van der Waals surface area contributed by atoms with Crippen molar-refractivity contribution >= 4 is 27.5 Å². The van der Waals surface area contributed by atoms with Crippen LogP contribution in [-0.2, 0) is 7.05 Å². The second-order valence-electron chi connectivity index (χ2n) is 4.58. The quantitative estimate of drug-likeness (QED) is 0.354. The van der Waals surface area contributed by atoms with E-state index in [9.17, 15) is 0 Å². The van der Waals surface area contributed by atoms with E-state index in [1.165, 1.54) is 27.4 Å². The lowest BCUT2D eigenvalue weighted by Gasteiger charge is -2.03. The number of aromatic nitrogens is 1. The number of aryl methyl sites for hydroxylation is 2. The average molecular weight is 223 g/mol. The van der Waals surface area contributed by atoms with Gasteiger partial charge < -0.3 is 5.73 Å². The number of fused-ring (bicyclic) bond motifs is 2. The molecule has 17 heavy (non-hydrogen) atoms. The minimum absolute atomic E-state index is 0.806. The smallest absolute Gasteiger partial charge is 0.214 e. The largest absolute Gasteiger partial charge is 0.399 e. The normalized spacial score (nSPS) is 11.2. The fourth-order valence-electron chi connectivity index (χ4n) is 2.34. The molecule has 1 aromatic heterocycles. The van der Waals surface area contributed by atoms with E-state index in [1.807, 2.05) is 12.1 Å². The number of pyridine rings is 1. The Balaban J connectivity index is 2.53. The number of hydrogen-bond acceptors (Lipinski definition) is 1. The number of nitrogen functional groups attached to an aromatic ring is 1. The number of hydrogen-bond donors (Lipinski definition) is 1. The molecule has 0 saturated carbocycles. The minimum Gasteiger partial charge on any atom is -0.399 e. The van der Waals surface area contributed by atoms with Crippen molar-refractivity contribution in [1.82, 2.24) is 0 Å². The Hall–Kier alpha value is -2.09. The van der Waals surface area contributed by atoms with Crippen LogP contribution in [-0.4, -0.2) is 0 Å². The van der Waals surface area contributed by atoms with E-state index in [2.05, 4.69) is 48.9 Å². The van der Waals surface area contributed by atoms with Crippen LogP contribution in [0.15, 0.2) is 42.5 Å². The highest BCUT2D eigenvalue weighted by molar-refractivity contribution is 5.90. The van der Waals surface area contributed by atoms with Gasteiger partial charge in [0.2, 0.25) is 11.0 Å². The van der Waals surface area contributed by atoms with Crippen LogP contribution in [0.5, 0.6) is 0 Å². The monoisotopic (exact) mass is 223 g/mol. The van der Waals surface area contributed by atoms with Crippen LogP contribution in [0, 0.1) is 6.92 Å². The lowest BCUT2D eigenvalue weighted by molar-refractivity contribution is -0.617. The molecule has 1 heterocycles. The fraction of sp³-hybridized carbons (Fsp3) is 0.133. The van der Waals surface area contributed by atoms with Crippen molar-refractivity contribution in [3.05, 3.63) is 48.0 Å². The molecule has 0 unspecified atom stereocenters. The first-order chi connectivity index (χ1) is 8.15. The zero-order chi connectivity index (χ0) is 12.0. The standard InChI is InChI=1S/C15H14N2/c1-10-3-4-11-8-12-5-6-13(16)9-15(12)17(2)14(11)7-10/h3-9,16H,1-2H3/p+1. The Kier molecular flexibility index (Phi) is 2.05. The predicted octanol–water partition coefficient (Wildman–Crippen LogP) is 2.71. The maximum atomic E-state index is 5.85. The van der Waals surface area contributed by atoms with Gasteiger partial charge in [-0.05, 0) is 36.8 Å². The molecule has 0 atom stereocenters. The molecule has 2 nitrogen and oxygen atoms in total. The maximum absolute atomic E-state index is 5.85. The molecule has 0 bridgehead atoms. The number of benzene rings is 2. The first kappa shape index (κ1) is 10.1. The van der Waals surface area contributed by atoms with Crippen LogP contribution in [0.2, 0.25) is 0 Å². The summed E-state index contributed by atoms with van der Waals surface area (Å²) in [6.45, 7) is 2.11. The molecular formula is C15H15N2+. The van der Waals surface area contributed by atoms with E-state index < -0.39 is 0 Å². The van der Waals surface area contributed by atoms with Gasteiger partial charge in [0.1, 0.15) is 7.05 Å². The Morgan fingerprint density at radius 2 is 1.53 bits per heavy atom. The first-order valence-electron chi connectivity index (χ1n) is 5.74. The van der Waals surface area contributed by atoms with Crippen LogP contribution >= 0.6 is 0 Å². The highest BCUT2D eigenvalue weighted by atomic mass is 14.9. The highest BCUT2D eigenvalue weighted by Gasteiger charge is 2.11. The zero-order valence-electron chi connectivity index (χ0n) is 10.1. The minimum atomic E-state index is 0.806. The van der Waals surface area contributed by atoms with Crippen LogP contribution in [0.25, 0.3) is 21.8 Å². The molecular weight excluding hydrogens is 208 g/mol. The lowest BCUT2D eigenvalue weighted by Crippen LogP contribution is -2.30. The maximum Gasteiger partial charge on any atom is 0.214 e. The van der Waals surface area contributed by atoms with E-state index >= 15 is 0 Å². The van der Waals surface area contributed by atoms with Crippen LogP contribution in [0.3, 0.4) is 0 Å². The molecule has 0 saturated heterocycles. The molecule has 0 aliphatic rings. The number of rotatable bonds is 0. The van der Waals surface area contributed by atoms with Crippen molar-refractivity contribution < 1.29 is 4.57 Å². The summed E-state index contributed by atoms with van der Waals surface area (Å²) in [5.41, 5.74) is 10.3. The summed E-state index contributed by atoms with van der Waals surface area (Å²) in [6, 6.07) is 14.8. The van der Waals surface area contributed by atoms with Crippen LogP contribution in [0.1, 0.15) is 5.56 Å². The number of anilines is 1. The van der Waals surface area contributed by atoms with Gasteiger partial charge in [-0.3, -0.25) is 0 Å². The van der Waals surface area contributed by atoms with E-state index in [1.54, 1.807) is 0 Å². The fourth-order valence-corrected chi connectivity index (χ4v) is 2.34. The van der Waals surface area contributed by atoms with Crippen molar-refractivity contribution in [2.75, 3.05) is 5.73 Å². The van der Waals surface area contributed by atoms with Gasteiger partial charge in [0.15, 0.2) is 0 Å². The third-order valence-corrected chi connectivity index (χ3v) is 3.27. The molecule has 2 aromatic carbocycles. The molecule has 0 aliphatic heterocycles. The summed E-state index contributed by atoms with van der Waals surface area (Å²) in [6.07, 6.45) is 0. The lowest BCUT2D eigenvalue weighted by atomic mass is 10.1. The zero-order valence-corrected chi connectivity index (χ0v) is 10.1. The average Bonchev–Trinajstić information content (AvgIpc) is 2.32. The van der Waals surface area contributed by atoms with E-state index in [0.717, 1.165) is 5.69 Å². The first-order valence-corrected chi connectivity index (χ1v) is 5.74. The number of nitrogens with zero attached hydrogens (tertiary/aromatic N) is 1. The van der Waals surface area contributed by atoms with Crippen molar-refractivity contribution in [2.24, 2.45) is 7.05 Å². The Morgan fingerprint density at radius 3 is 2.29 bits per heavy atom. The third-order valence-electron chi connectivity index (χ3n) is 3.27. The van der Waals surface area contributed by atoms with Crippen LogP contribution < -0.4 is 10.3 Å². The van der Waals surface area contributed by atoms with Crippen molar-refractivity contribution in [3.63, 3.8) is 0 Å². The number of nitrogens with two attached hydrogens (primary N) is 1. The van der Waals surface area contributed by atoms with Gasteiger partial charge in [-0.1, -0.05) is 6.07 Å².